The Labute approximate surface area is 116 Å². The van der Waals surface area contributed by atoms with E-state index in [1.807, 2.05) is 25.1 Å². The Morgan fingerprint density at radius 1 is 1.20 bits per heavy atom. The number of aromatic nitrogens is 4. The zero-order valence-corrected chi connectivity index (χ0v) is 11.2. The van der Waals surface area contributed by atoms with Crippen LogP contribution in [0.15, 0.2) is 35.1 Å². The number of fused-ring (bicyclic) bond motifs is 1. The first-order chi connectivity index (χ1) is 9.72. The molecule has 0 fully saturated rings. The molecule has 2 heterocycles. The topological polar surface area (TPSA) is 90.7 Å². The van der Waals surface area contributed by atoms with E-state index in [1.54, 1.807) is 12.4 Å². The van der Waals surface area contributed by atoms with Crippen molar-refractivity contribution < 1.29 is 4.52 Å². The van der Waals surface area contributed by atoms with Gasteiger partial charge in [-0.1, -0.05) is 5.16 Å². The van der Waals surface area contributed by atoms with Crippen molar-refractivity contribution in [3.05, 3.63) is 36.5 Å². The fraction of sp³-hybridized carbons (Fsp3) is 0.286. The SMILES string of the molecule is CC(N)CCc1nc(-c2ccc3nccnc3c2)no1. The van der Waals surface area contributed by atoms with Gasteiger partial charge in [0.05, 0.1) is 11.0 Å². The van der Waals surface area contributed by atoms with Crippen LogP contribution < -0.4 is 5.73 Å². The third-order valence-corrected chi connectivity index (χ3v) is 3.01. The van der Waals surface area contributed by atoms with E-state index in [1.165, 1.54) is 0 Å². The van der Waals surface area contributed by atoms with E-state index in [9.17, 15) is 0 Å². The van der Waals surface area contributed by atoms with E-state index in [0.29, 0.717) is 18.1 Å². The van der Waals surface area contributed by atoms with Crippen LogP contribution in [0.1, 0.15) is 19.2 Å². The highest BCUT2D eigenvalue weighted by molar-refractivity contribution is 5.79. The summed E-state index contributed by atoms with van der Waals surface area (Å²) in [5, 5.41) is 4.00. The highest BCUT2D eigenvalue weighted by atomic mass is 16.5. The standard InChI is InChI=1S/C14H15N5O/c1-9(15)2-5-13-18-14(19-20-13)10-3-4-11-12(8-10)17-7-6-16-11/h3-4,6-9H,2,5,15H2,1H3. The van der Waals surface area contributed by atoms with Gasteiger partial charge in [0.1, 0.15) is 0 Å². The largest absolute Gasteiger partial charge is 0.339 e. The van der Waals surface area contributed by atoms with Crippen molar-refractivity contribution >= 4 is 11.0 Å². The first kappa shape index (κ1) is 12.7. The number of nitrogens with zero attached hydrogens (tertiary/aromatic N) is 4. The summed E-state index contributed by atoms with van der Waals surface area (Å²) >= 11 is 0. The van der Waals surface area contributed by atoms with Gasteiger partial charge >= 0.3 is 0 Å². The van der Waals surface area contributed by atoms with Gasteiger partial charge in [-0.15, -0.1) is 0 Å². The number of aryl methyl sites for hydroxylation is 1. The summed E-state index contributed by atoms with van der Waals surface area (Å²) in [6.45, 7) is 1.96. The van der Waals surface area contributed by atoms with E-state index in [2.05, 4.69) is 20.1 Å². The van der Waals surface area contributed by atoms with Crippen molar-refractivity contribution in [1.82, 2.24) is 20.1 Å². The molecule has 6 heteroatoms. The highest BCUT2D eigenvalue weighted by Gasteiger charge is 2.10. The van der Waals surface area contributed by atoms with E-state index >= 15 is 0 Å². The molecule has 0 aliphatic heterocycles. The van der Waals surface area contributed by atoms with Crippen LogP contribution >= 0.6 is 0 Å². The van der Waals surface area contributed by atoms with Crippen LogP contribution in [0.2, 0.25) is 0 Å². The van der Waals surface area contributed by atoms with Gasteiger partial charge in [-0.3, -0.25) is 9.97 Å². The van der Waals surface area contributed by atoms with Gasteiger partial charge in [-0.05, 0) is 31.5 Å². The summed E-state index contributed by atoms with van der Waals surface area (Å²) in [6, 6.07) is 5.84. The van der Waals surface area contributed by atoms with Gasteiger partial charge in [-0.25, -0.2) is 0 Å². The Kier molecular flexibility index (Phi) is 3.39. The molecule has 0 amide bonds. The summed E-state index contributed by atoms with van der Waals surface area (Å²) < 4.78 is 5.23. The lowest BCUT2D eigenvalue weighted by Gasteiger charge is -1.99. The first-order valence-electron chi connectivity index (χ1n) is 6.51. The van der Waals surface area contributed by atoms with E-state index < -0.39 is 0 Å². The van der Waals surface area contributed by atoms with Crippen LogP contribution in [0, 0.1) is 0 Å². The monoisotopic (exact) mass is 269 g/mol. The molecule has 20 heavy (non-hydrogen) atoms. The predicted molar refractivity (Wildman–Crippen MR) is 74.8 cm³/mol. The molecule has 0 radical (unpaired) electrons. The van der Waals surface area contributed by atoms with Crippen molar-refractivity contribution in [1.29, 1.82) is 0 Å². The normalized spacial score (nSPS) is 12.7. The summed E-state index contributed by atoms with van der Waals surface area (Å²) in [5.41, 5.74) is 8.24. The molecule has 0 bridgehead atoms. The zero-order valence-electron chi connectivity index (χ0n) is 11.2. The Bertz CT molecular complexity index is 722. The van der Waals surface area contributed by atoms with E-state index in [0.717, 1.165) is 23.0 Å². The maximum Gasteiger partial charge on any atom is 0.227 e. The number of rotatable bonds is 4. The second-order valence-electron chi connectivity index (χ2n) is 4.79. The van der Waals surface area contributed by atoms with Gasteiger partial charge in [-0.2, -0.15) is 4.98 Å². The third kappa shape index (κ3) is 2.65. The molecule has 1 aromatic carbocycles. The van der Waals surface area contributed by atoms with Gasteiger partial charge in [0.15, 0.2) is 0 Å². The van der Waals surface area contributed by atoms with Gasteiger partial charge < -0.3 is 10.3 Å². The van der Waals surface area contributed by atoms with Crippen molar-refractivity contribution in [3.63, 3.8) is 0 Å². The minimum atomic E-state index is 0.126. The Hall–Kier alpha value is -2.34. The molecule has 2 aromatic heterocycles. The molecular formula is C14H15N5O. The van der Waals surface area contributed by atoms with Crippen LogP contribution in [-0.2, 0) is 6.42 Å². The van der Waals surface area contributed by atoms with E-state index in [4.69, 9.17) is 10.3 Å². The lowest BCUT2D eigenvalue weighted by molar-refractivity contribution is 0.372. The van der Waals surface area contributed by atoms with Crippen molar-refractivity contribution in [2.24, 2.45) is 5.73 Å². The van der Waals surface area contributed by atoms with Crippen LogP contribution in [0.5, 0.6) is 0 Å². The maximum absolute atomic E-state index is 5.72. The average molecular weight is 269 g/mol. The highest BCUT2D eigenvalue weighted by Crippen LogP contribution is 2.20. The molecule has 0 aliphatic rings. The summed E-state index contributed by atoms with van der Waals surface area (Å²) in [4.78, 5) is 12.9. The molecule has 0 aliphatic carbocycles. The lowest BCUT2D eigenvalue weighted by Crippen LogP contribution is -2.15. The summed E-state index contributed by atoms with van der Waals surface area (Å²) in [5.74, 6) is 1.17. The van der Waals surface area contributed by atoms with Crippen LogP contribution in [0.3, 0.4) is 0 Å². The van der Waals surface area contributed by atoms with Gasteiger partial charge in [0.2, 0.25) is 11.7 Å². The molecule has 0 spiro atoms. The minimum absolute atomic E-state index is 0.126. The molecule has 6 nitrogen and oxygen atoms in total. The second-order valence-corrected chi connectivity index (χ2v) is 4.79. The van der Waals surface area contributed by atoms with Crippen molar-refractivity contribution in [3.8, 4) is 11.4 Å². The van der Waals surface area contributed by atoms with Crippen molar-refractivity contribution in [2.75, 3.05) is 0 Å². The van der Waals surface area contributed by atoms with Crippen molar-refractivity contribution in [2.45, 2.75) is 25.8 Å². The molecule has 0 saturated heterocycles. The maximum atomic E-state index is 5.72. The fourth-order valence-electron chi connectivity index (χ4n) is 1.93. The first-order valence-corrected chi connectivity index (χ1v) is 6.51. The third-order valence-electron chi connectivity index (χ3n) is 3.01. The lowest BCUT2D eigenvalue weighted by atomic mass is 10.2. The Morgan fingerprint density at radius 3 is 2.80 bits per heavy atom. The molecule has 102 valence electrons. The van der Waals surface area contributed by atoms with Crippen LogP contribution in [0.4, 0.5) is 0 Å². The average Bonchev–Trinajstić information content (AvgIpc) is 2.93. The minimum Gasteiger partial charge on any atom is -0.339 e. The molecule has 3 aromatic rings. The quantitative estimate of drug-likeness (QED) is 0.778. The number of hydrogen-bond donors (Lipinski definition) is 1. The summed E-state index contributed by atoms with van der Waals surface area (Å²) in [7, 11) is 0. The molecule has 1 unspecified atom stereocenters. The fourth-order valence-corrected chi connectivity index (χ4v) is 1.93. The van der Waals surface area contributed by atoms with Gasteiger partial charge in [0.25, 0.3) is 0 Å². The smallest absolute Gasteiger partial charge is 0.227 e. The second kappa shape index (κ2) is 5.34. The molecule has 1 atom stereocenters. The van der Waals surface area contributed by atoms with Crippen LogP contribution in [0.25, 0.3) is 22.4 Å². The number of benzene rings is 1. The molecule has 3 rings (SSSR count). The van der Waals surface area contributed by atoms with Gasteiger partial charge in [0, 0.05) is 30.4 Å². The molecular weight excluding hydrogens is 254 g/mol. The zero-order chi connectivity index (χ0) is 13.9. The Morgan fingerprint density at radius 2 is 2.00 bits per heavy atom. The number of hydrogen-bond acceptors (Lipinski definition) is 6. The predicted octanol–water partition coefficient (Wildman–Crippen LogP) is 1.96. The molecule has 2 N–H and O–H groups in total. The molecule has 0 saturated carbocycles. The summed E-state index contributed by atoms with van der Waals surface area (Å²) in [6.07, 6.45) is 4.85. The van der Waals surface area contributed by atoms with E-state index in [-0.39, 0.29) is 6.04 Å². The number of nitrogens with two attached hydrogens (primary N) is 1. The van der Waals surface area contributed by atoms with Crippen LogP contribution in [-0.4, -0.2) is 26.2 Å². The Balaban J connectivity index is 1.87.